The molecule has 0 spiro atoms. The van der Waals surface area contributed by atoms with Gasteiger partial charge in [-0.1, -0.05) is 53.9 Å². The first-order valence-corrected chi connectivity index (χ1v) is 8.22. The number of hydrogen-bond acceptors (Lipinski definition) is 1. The minimum atomic E-state index is -0.271. The van der Waals surface area contributed by atoms with E-state index in [0.717, 1.165) is 25.6 Å². The second-order valence-electron chi connectivity index (χ2n) is 3.91. The lowest BCUT2D eigenvalue weighted by atomic mass is 10.2. The maximum atomic E-state index is 13.6. The van der Waals surface area contributed by atoms with Crippen LogP contribution >= 0.6 is 47.8 Å². The molecule has 0 bridgehead atoms. The van der Waals surface area contributed by atoms with Gasteiger partial charge in [-0.15, -0.1) is 0 Å². The Morgan fingerprint density at radius 1 is 1.00 bits per heavy atom. The topological polar surface area (TPSA) is 9.23 Å². The highest BCUT2D eigenvalue weighted by molar-refractivity contribution is 9.11. The van der Waals surface area contributed by atoms with Crippen LogP contribution in [0.3, 0.4) is 0 Å². The molecule has 2 rings (SSSR count). The van der Waals surface area contributed by atoms with E-state index in [0.29, 0.717) is 5.56 Å². The third-order valence-corrected chi connectivity index (χ3v) is 4.44. The molecule has 0 amide bonds. The van der Waals surface area contributed by atoms with Crippen molar-refractivity contribution in [3.63, 3.8) is 0 Å². The number of hydrogen-bond donors (Lipinski definition) is 0. The van der Waals surface area contributed by atoms with Crippen molar-refractivity contribution in [3.05, 3.63) is 62.3 Å². The summed E-state index contributed by atoms with van der Waals surface area (Å²) in [6, 6.07) is 10.6. The van der Waals surface area contributed by atoms with E-state index in [9.17, 15) is 4.39 Å². The number of ether oxygens (including phenoxy) is 1. The highest BCUT2D eigenvalue weighted by Gasteiger charge is 2.05. The van der Waals surface area contributed by atoms with Gasteiger partial charge in [0.05, 0.1) is 0 Å². The zero-order valence-electron chi connectivity index (χ0n) is 9.80. The first-order valence-electron chi connectivity index (χ1n) is 5.51. The summed E-state index contributed by atoms with van der Waals surface area (Å²) in [5.41, 5.74) is 1.63. The van der Waals surface area contributed by atoms with Crippen LogP contribution in [0.2, 0.25) is 0 Å². The number of benzene rings is 2. The summed E-state index contributed by atoms with van der Waals surface area (Å²) < 4.78 is 21.0. The average molecular weight is 453 g/mol. The van der Waals surface area contributed by atoms with Crippen molar-refractivity contribution in [1.82, 2.24) is 0 Å². The van der Waals surface area contributed by atoms with E-state index >= 15 is 0 Å². The van der Waals surface area contributed by atoms with Crippen LogP contribution in [-0.4, -0.2) is 0 Å². The SMILES string of the molecule is Fc1cc(Br)ccc1COc1ccc(Br)c(CBr)c1. The van der Waals surface area contributed by atoms with Gasteiger partial charge in [0.25, 0.3) is 0 Å². The third-order valence-electron chi connectivity index (χ3n) is 2.57. The van der Waals surface area contributed by atoms with E-state index in [-0.39, 0.29) is 12.4 Å². The van der Waals surface area contributed by atoms with E-state index in [4.69, 9.17) is 4.74 Å². The molecular weight excluding hydrogens is 443 g/mol. The molecule has 2 aromatic rings. The molecule has 0 fully saturated rings. The summed E-state index contributed by atoms with van der Waals surface area (Å²) in [4.78, 5) is 0. The summed E-state index contributed by atoms with van der Waals surface area (Å²) in [5.74, 6) is 0.451. The molecule has 0 saturated carbocycles. The maximum Gasteiger partial charge on any atom is 0.130 e. The van der Waals surface area contributed by atoms with Gasteiger partial charge < -0.3 is 4.74 Å². The Kier molecular flexibility index (Phi) is 5.42. The van der Waals surface area contributed by atoms with Crippen molar-refractivity contribution in [1.29, 1.82) is 0 Å². The van der Waals surface area contributed by atoms with Crippen LogP contribution in [0.15, 0.2) is 45.3 Å². The second kappa shape index (κ2) is 6.86. The molecule has 0 aromatic heterocycles. The van der Waals surface area contributed by atoms with Crippen LogP contribution in [0.1, 0.15) is 11.1 Å². The Hall–Kier alpha value is -0.390. The van der Waals surface area contributed by atoms with Crippen LogP contribution in [-0.2, 0) is 11.9 Å². The molecule has 5 heteroatoms. The first kappa shape index (κ1) is 15.0. The van der Waals surface area contributed by atoms with Crippen molar-refractivity contribution < 1.29 is 9.13 Å². The van der Waals surface area contributed by atoms with Crippen LogP contribution < -0.4 is 4.74 Å². The van der Waals surface area contributed by atoms with Crippen molar-refractivity contribution >= 4 is 47.8 Å². The molecule has 0 saturated heterocycles. The van der Waals surface area contributed by atoms with Crippen molar-refractivity contribution in [3.8, 4) is 5.75 Å². The van der Waals surface area contributed by atoms with Crippen molar-refractivity contribution in [2.45, 2.75) is 11.9 Å². The van der Waals surface area contributed by atoms with Gasteiger partial charge in [-0.3, -0.25) is 0 Å². The highest BCUT2D eigenvalue weighted by atomic mass is 79.9. The van der Waals surface area contributed by atoms with Gasteiger partial charge in [-0.25, -0.2) is 4.39 Å². The molecule has 0 aliphatic carbocycles. The standard InChI is InChI=1S/C14H10Br3FO/c15-7-10-5-12(3-4-13(10)17)19-8-9-1-2-11(16)6-14(9)18/h1-6H,7-8H2. The summed E-state index contributed by atoms with van der Waals surface area (Å²) >= 11 is 10.1. The molecule has 0 atom stereocenters. The van der Waals surface area contributed by atoms with E-state index in [1.54, 1.807) is 12.1 Å². The number of rotatable bonds is 4. The van der Waals surface area contributed by atoms with Crippen LogP contribution in [0.4, 0.5) is 4.39 Å². The Bertz CT molecular complexity index is 587. The van der Waals surface area contributed by atoms with E-state index in [2.05, 4.69) is 47.8 Å². The number of halogens is 4. The molecule has 19 heavy (non-hydrogen) atoms. The molecule has 0 N–H and O–H groups in total. The molecule has 100 valence electrons. The molecule has 0 radical (unpaired) electrons. The summed E-state index contributed by atoms with van der Waals surface area (Å²) in [7, 11) is 0. The van der Waals surface area contributed by atoms with Gasteiger partial charge in [0.15, 0.2) is 0 Å². The molecule has 2 aromatic carbocycles. The van der Waals surface area contributed by atoms with E-state index in [1.165, 1.54) is 6.07 Å². The van der Waals surface area contributed by atoms with Crippen LogP contribution in [0, 0.1) is 5.82 Å². The Morgan fingerprint density at radius 2 is 1.79 bits per heavy atom. The van der Waals surface area contributed by atoms with E-state index in [1.807, 2.05) is 18.2 Å². The summed E-state index contributed by atoms with van der Waals surface area (Å²) in [6.07, 6.45) is 0. The maximum absolute atomic E-state index is 13.6. The Balaban J connectivity index is 2.10. The molecule has 0 unspecified atom stereocenters. The zero-order chi connectivity index (χ0) is 13.8. The predicted molar refractivity (Wildman–Crippen MR) is 85.2 cm³/mol. The van der Waals surface area contributed by atoms with Gasteiger partial charge in [-0.05, 0) is 35.9 Å². The van der Waals surface area contributed by atoms with Gasteiger partial charge in [0, 0.05) is 19.8 Å². The second-order valence-corrected chi connectivity index (χ2v) is 6.24. The fourth-order valence-corrected chi connectivity index (χ4v) is 3.10. The summed E-state index contributed by atoms with van der Waals surface area (Å²) in [6.45, 7) is 0.211. The van der Waals surface area contributed by atoms with Gasteiger partial charge in [0.1, 0.15) is 18.2 Å². The lowest BCUT2D eigenvalue weighted by Crippen LogP contribution is -1.99. The predicted octanol–water partition coefficient (Wildman–Crippen LogP) is 5.82. The van der Waals surface area contributed by atoms with Crippen LogP contribution in [0.25, 0.3) is 0 Å². The Labute approximate surface area is 136 Å². The smallest absolute Gasteiger partial charge is 0.130 e. The Morgan fingerprint density at radius 3 is 2.47 bits per heavy atom. The van der Waals surface area contributed by atoms with Gasteiger partial charge in [0.2, 0.25) is 0 Å². The molecular formula is C14H10Br3FO. The lowest BCUT2D eigenvalue weighted by molar-refractivity contribution is 0.299. The quantitative estimate of drug-likeness (QED) is 0.531. The fourth-order valence-electron chi connectivity index (χ4n) is 1.54. The normalized spacial score (nSPS) is 10.5. The molecule has 0 aliphatic heterocycles. The van der Waals surface area contributed by atoms with Crippen molar-refractivity contribution in [2.75, 3.05) is 0 Å². The minimum absolute atomic E-state index is 0.211. The molecule has 1 nitrogen and oxygen atoms in total. The largest absolute Gasteiger partial charge is 0.489 e. The van der Waals surface area contributed by atoms with E-state index < -0.39 is 0 Å². The van der Waals surface area contributed by atoms with Crippen molar-refractivity contribution in [2.24, 2.45) is 0 Å². The fraction of sp³-hybridized carbons (Fsp3) is 0.143. The third kappa shape index (κ3) is 4.04. The number of alkyl halides is 1. The average Bonchev–Trinajstić information content (AvgIpc) is 2.39. The van der Waals surface area contributed by atoms with Gasteiger partial charge in [-0.2, -0.15) is 0 Å². The molecule has 0 heterocycles. The zero-order valence-corrected chi connectivity index (χ0v) is 14.6. The van der Waals surface area contributed by atoms with Gasteiger partial charge >= 0.3 is 0 Å². The first-order chi connectivity index (χ1) is 9.10. The summed E-state index contributed by atoms with van der Waals surface area (Å²) in [5, 5.41) is 0.734. The minimum Gasteiger partial charge on any atom is -0.489 e. The lowest BCUT2D eigenvalue weighted by Gasteiger charge is -2.09. The monoisotopic (exact) mass is 450 g/mol. The molecule has 0 aliphatic rings. The highest BCUT2D eigenvalue weighted by Crippen LogP contribution is 2.25. The van der Waals surface area contributed by atoms with Crippen LogP contribution in [0.5, 0.6) is 5.75 Å².